The maximum Gasteiger partial charge on any atom is 0.0465 e. The van der Waals surface area contributed by atoms with Crippen molar-refractivity contribution in [1.29, 1.82) is 0 Å². The zero-order valence-electron chi connectivity index (χ0n) is 13.3. The van der Waals surface area contributed by atoms with Crippen LogP contribution in [-0.2, 0) is 18.3 Å². The van der Waals surface area contributed by atoms with Gasteiger partial charge in [-0.2, -0.15) is 0 Å². The van der Waals surface area contributed by atoms with E-state index in [0.29, 0.717) is 0 Å². The van der Waals surface area contributed by atoms with Crippen LogP contribution < -0.4 is 0 Å². The van der Waals surface area contributed by atoms with Crippen LogP contribution in [0.3, 0.4) is 0 Å². The lowest BCUT2D eigenvalue weighted by atomic mass is 9.85. The maximum atomic E-state index is 9.63. The highest BCUT2D eigenvalue weighted by atomic mass is 16.3. The van der Waals surface area contributed by atoms with Crippen molar-refractivity contribution >= 4 is 0 Å². The number of hydrogen-bond acceptors (Lipinski definition) is 1. The van der Waals surface area contributed by atoms with E-state index in [0.717, 1.165) is 12.8 Å². The Balaban J connectivity index is 2.02. The highest BCUT2D eigenvalue weighted by molar-refractivity contribution is 5.28. The molecule has 1 nitrogen and oxygen atoms in total. The Bertz CT molecular complexity index is 534. The Labute approximate surface area is 128 Å². The number of aliphatic hydroxyl groups is 1. The molecule has 0 amide bonds. The molecule has 0 aliphatic rings. The van der Waals surface area contributed by atoms with Gasteiger partial charge in [0.25, 0.3) is 0 Å². The smallest absolute Gasteiger partial charge is 0.0465 e. The molecule has 2 aromatic carbocycles. The van der Waals surface area contributed by atoms with E-state index in [4.69, 9.17) is 0 Å². The van der Waals surface area contributed by atoms with Gasteiger partial charge in [-0.3, -0.25) is 0 Å². The molecular formula is C20H26O. The van der Waals surface area contributed by atoms with Crippen molar-refractivity contribution in [3.8, 4) is 0 Å². The molecule has 1 unspecified atom stereocenters. The minimum Gasteiger partial charge on any atom is -0.396 e. The van der Waals surface area contributed by atoms with Crippen LogP contribution in [0.2, 0.25) is 0 Å². The van der Waals surface area contributed by atoms with Gasteiger partial charge in [0.05, 0.1) is 0 Å². The summed E-state index contributed by atoms with van der Waals surface area (Å²) < 4.78 is 0. The topological polar surface area (TPSA) is 20.2 Å². The molecule has 112 valence electrons. The monoisotopic (exact) mass is 282 g/mol. The van der Waals surface area contributed by atoms with Gasteiger partial charge in [-0.05, 0) is 40.9 Å². The molecule has 0 aliphatic heterocycles. The highest BCUT2D eigenvalue weighted by Crippen LogP contribution is 2.23. The number of hydrogen-bond donors (Lipinski definition) is 1. The first-order valence-corrected chi connectivity index (χ1v) is 7.73. The molecule has 0 heterocycles. The Morgan fingerprint density at radius 1 is 0.810 bits per heavy atom. The van der Waals surface area contributed by atoms with Crippen LogP contribution in [-0.4, -0.2) is 11.7 Å². The van der Waals surface area contributed by atoms with Gasteiger partial charge in [0.2, 0.25) is 0 Å². The van der Waals surface area contributed by atoms with Crippen molar-refractivity contribution < 1.29 is 5.11 Å². The van der Waals surface area contributed by atoms with Crippen LogP contribution >= 0.6 is 0 Å². The summed E-state index contributed by atoms with van der Waals surface area (Å²) in [6.07, 6.45) is 1.86. The molecule has 0 bridgehead atoms. The third-order valence-corrected chi connectivity index (χ3v) is 3.97. The van der Waals surface area contributed by atoms with Crippen molar-refractivity contribution in [2.75, 3.05) is 6.61 Å². The molecule has 1 heteroatoms. The minimum atomic E-state index is 0.193. The summed E-state index contributed by atoms with van der Waals surface area (Å²) in [5.74, 6) is 0.285. The molecule has 2 aromatic rings. The molecule has 1 N–H and O–H groups in total. The van der Waals surface area contributed by atoms with E-state index in [9.17, 15) is 5.11 Å². The number of aliphatic hydroxyl groups excluding tert-OH is 1. The van der Waals surface area contributed by atoms with E-state index >= 15 is 0 Å². The third-order valence-electron chi connectivity index (χ3n) is 3.97. The standard InChI is InChI=1S/C20H26O/c1-20(2,3)19-11-9-17(10-12-19)14-18(15-21)13-16-7-5-4-6-8-16/h4-12,18,21H,13-15H2,1-3H3. The van der Waals surface area contributed by atoms with Crippen LogP contribution in [0.15, 0.2) is 54.6 Å². The van der Waals surface area contributed by atoms with Crippen LogP contribution in [0.1, 0.15) is 37.5 Å². The first kappa shape index (κ1) is 15.8. The second-order valence-corrected chi connectivity index (χ2v) is 6.89. The predicted molar refractivity (Wildman–Crippen MR) is 89.6 cm³/mol. The summed E-state index contributed by atoms with van der Waals surface area (Å²) in [5, 5.41) is 9.63. The lowest BCUT2D eigenvalue weighted by Gasteiger charge is -2.20. The lowest BCUT2D eigenvalue weighted by molar-refractivity contribution is 0.225. The first-order chi connectivity index (χ1) is 9.99. The molecule has 0 aromatic heterocycles. The van der Waals surface area contributed by atoms with Crippen LogP contribution in [0.5, 0.6) is 0 Å². The SMILES string of the molecule is CC(C)(C)c1ccc(CC(CO)Cc2ccccc2)cc1. The summed E-state index contributed by atoms with van der Waals surface area (Å²) in [5.41, 5.74) is 4.15. The van der Waals surface area contributed by atoms with E-state index in [1.165, 1.54) is 16.7 Å². The fourth-order valence-corrected chi connectivity index (χ4v) is 2.62. The highest BCUT2D eigenvalue weighted by Gasteiger charge is 2.14. The van der Waals surface area contributed by atoms with Crippen LogP contribution in [0, 0.1) is 5.92 Å². The van der Waals surface area contributed by atoms with E-state index in [1.54, 1.807) is 0 Å². The number of benzene rings is 2. The molecule has 2 rings (SSSR count). The van der Waals surface area contributed by atoms with Gasteiger partial charge in [0.1, 0.15) is 0 Å². The lowest BCUT2D eigenvalue weighted by Crippen LogP contribution is -2.14. The minimum absolute atomic E-state index is 0.193. The number of rotatable bonds is 5. The van der Waals surface area contributed by atoms with E-state index in [1.807, 2.05) is 6.07 Å². The van der Waals surface area contributed by atoms with Crippen molar-refractivity contribution in [1.82, 2.24) is 0 Å². The molecule has 0 saturated carbocycles. The molecule has 0 radical (unpaired) electrons. The van der Waals surface area contributed by atoms with Gasteiger partial charge in [-0.15, -0.1) is 0 Å². The Hall–Kier alpha value is -1.60. The van der Waals surface area contributed by atoms with Crippen molar-refractivity contribution in [3.63, 3.8) is 0 Å². The molecule has 0 spiro atoms. The normalized spacial score (nSPS) is 13.1. The van der Waals surface area contributed by atoms with Gasteiger partial charge in [0.15, 0.2) is 0 Å². The first-order valence-electron chi connectivity index (χ1n) is 7.73. The Morgan fingerprint density at radius 2 is 1.33 bits per heavy atom. The zero-order chi connectivity index (χ0) is 15.3. The summed E-state index contributed by atoms with van der Waals surface area (Å²) in [6.45, 7) is 6.92. The van der Waals surface area contributed by atoms with Gasteiger partial charge >= 0.3 is 0 Å². The van der Waals surface area contributed by atoms with Gasteiger partial charge in [-0.25, -0.2) is 0 Å². The second kappa shape index (κ2) is 6.91. The molecule has 0 saturated heterocycles. The average molecular weight is 282 g/mol. The van der Waals surface area contributed by atoms with Crippen LogP contribution in [0.4, 0.5) is 0 Å². The fourth-order valence-electron chi connectivity index (χ4n) is 2.62. The molecule has 0 aliphatic carbocycles. The van der Waals surface area contributed by atoms with Gasteiger partial charge in [-0.1, -0.05) is 75.4 Å². The van der Waals surface area contributed by atoms with Crippen molar-refractivity contribution in [2.45, 2.75) is 39.0 Å². The summed E-state index contributed by atoms with van der Waals surface area (Å²) in [6, 6.07) is 19.2. The van der Waals surface area contributed by atoms with Crippen molar-refractivity contribution in [2.24, 2.45) is 5.92 Å². The zero-order valence-corrected chi connectivity index (χ0v) is 13.3. The van der Waals surface area contributed by atoms with Crippen molar-refractivity contribution in [3.05, 3.63) is 71.3 Å². The quantitative estimate of drug-likeness (QED) is 0.863. The largest absolute Gasteiger partial charge is 0.396 e. The summed E-state index contributed by atoms with van der Waals surface area (Å²) in [4.78, 5) is 0. The third kappa shape index (κ3) is 4.71. The van der Waals surface area contributed by atoms with Gasteiger partial charge in [0, 0.05) is 6.61 Å². The van der Waals surface area contributed by atoms with E-state index in [-0.39, 0.29) is 17.9 Å². The van der Waals surface area contributed by atoms with E-state index < -0.39 is 0 Å². The van der Waals surface area contributed by atoms with Gasteiger partial charge < -0.3 is 5.11 Å². The predicted octanol–water partition coefficient (Wildman–Crippen LogP) is 4.38. The molecule has 0 fully saturated rings. The maximum absolute atomic E-state index is 9.63. The summed E-state index contributed by atoms with van der Waals surface area (Å²) >= 11 is 0. The van der Waals surface area contributed by atoms with Crippen LogP contribution in [0.25, 0.3) is 0 Å². The fraction of sp³-hybridized carbons (Fsp3) is 0.400. The molecule has 1 atom stereocenters. The second-order valence-electron chi connectivity index (χ2n) is 6.89. The average Bonchev–Trinajstić information content (AvgIpc) is 2.47. The molecule has 21 heavy (non-hydrogen) atoms. The molecular weight excluding hydrogens is 256 g/mol. The summed E-state index contributed by atoms with van der Waals surface area (Å²) in [7, 11) is 0. The Kier molecular flexibility index (Phi) is 5.19. The Morgan fingerprint density at radius 3 is 1.81 bits per heavy atom. The van der Waals surface area contributed by atoms with E-state index in [2.05, 4.69) is 69.3 Å².